The van der Waals surface area contributed by atoms with Crippen LogP contribution in [0.15, 0.2) is 6.20 Å². The number of aryl methyl sites for hydroxylation is 1. The van der Waals surface area contributed by atoms with Crippen molar-refractivity contribution in [2.45, 2.75) is 23.8 Å². The molecule has 0 saturated heterocycles. The van der Waals surface area contributed by atoms with Crippen molar-refractivity contribution in [3.8, 4) is 0 Å². The maximum Gasteiger partial charge on any atom is 0.205 e. The zero-order chi connectivity index (χ0) is 9.42. The molecule has 72 valence electrons. The summed E-state index contributed by atoms with van der Waals surface area (Å²) in [6.07, 6.45) is 3.20. The summed E-state index contributed by atoms with van der Waals surface area (Å²) in [5.41, 5.74) is 1.27. The van der Waals surface area contributed by atoms with E-state index in [0.717, 1.165) is 23.0 Å². The van der Waals surface area contributed by atoms with Crippen molar-refractivity contribution in [2.75, 3.05) is 18.5 Å². The Morgan fingerprint density at radius 1 is 1.62 bits per heavy atom. The molecule has 2 heterocycles. The Labute approximate surface area is 92.3 Å². The molecule has 0 aliphatic carbocycles. The summed E-state index contributed by atoms with van der Waals surface area (Å²) in [7, 11) is 2.12. The van der Waals surface area contributed by atoms with Gasteiger partial charge in [-0.1, -0.05) is 22.6 Å². The van der Waals surface area contributed by atoms with Gasteiger partial charge in [0.1, 0.15) is 0 Å². The van der Waals surface area contributed by atoms with Crippen LogP contribution in [0.1, 0.15) is 12.1 Å². The molecular weight excluding hydrogens is 277 g/mol. The van der Waals surface area contributed by atoms with E-state index in [1.54, 1.807) is 0 Å². The molecule has 1 unspecified atom stereocenters. The summed E-state index contributed by atoms with van der Waals surface area (Å²) in [5, 5.41) is 0. The summed E-state index contributed by atoms with van der Waals surface area (Å²) in [6.45, 7) is 4.34. The van der Waals surface area contributed by atoms with Gasteiger partial charge in [-0.15, -0.1) is 0 Å². The highest BCUT2D eigenvalue weighted by molar-refractivity contribution is 14.1. The lowest BCUT2D eigenvalue weighted by atomic mass is 10.3. The minimum Gasteiger partial charge on any atom is -0.344 e. The number of rotatable bonds is 0. The predicted molar refractivity (Wildman–Crippen MR) is 62.7 cm³/mol. The Hall–Kier alpha value is -0.260. The maximum atomic E-state index is 4.42. The van der Waals surface area contributed by atoms with Crippen LogP contribution < -0.4 is 4.90 Å². The van der Waals surface area contributed by atoms with Crippen LogP contribution in [-0.4, -0.2) is 27.1 Å². The van der Waals surface area contributed by atoms with Crippen LogP contribution in [0.4, 0.5) is 5.95 Å². The lowest BCUT2D eigenvalue weighted by Gasteiger charge is -2.17. The minimum atomic E-state index is 0.740. The van der Waals surface area contributed by atoms with Crippen LogP contribution in [0.2, 0.25) is 0 Å². The molecule has 1 aromatic heterocycles. The molecule has 4 heteroatoms. The number of alkyl halides is 1. The van der Waals surface area contributed by atoms with E-state index in [-0.39, 0.29) is 0 Å². The fourth-order valence-electron chi connectivity index (χ4n) is 1.77. The molecule has 0 fully saturated rings. The van der Waals surface area contributed by atoms with Crippen molar-refractivity contribution >= 4 is 28.5 Å². The summed E-state index contributed by atoms with van der Waals surface area (Å²) in [6, 6.07) is 0. The molecule has 0 amide bonds. The monoisotopic (exact) mass is 291 g/mol. The Morgan fingerprint density at radius 3 is 3.15 bits per heavy atom. The third kappa shape index (κ3) is 1.68. The van der Waals surface area contributed by atoms with E-state index in [4.69, 9.17) is 0 Å². The first-order valence-electron chi connectivity index (χ1n) is 4.56. The maximum absolute atomic E-state index is 4.42. The highest BCUT2D eigenvalue weighted by Gasteiger charge is 2.19. The minimum absolute atomic E-state index is 0.740. The lowest BCUT2D eigenvalue weighted by molar-refractivity contribution is 0.660. The second-order valence-corrected chi connectivity index (χ2v) is 5.38. The quantitative estimate of drug-likeness (QED) is 0.537. The standard InChI is InChI=1S/C9H14IN3/c1-7-5-11-9-12(2)6-8(10)3-4-13(7)9/h5,8H,3-4,6H2,1-2H3. The van der Waals surface area contributed by atoms with Crippen molar-refractivity contribution in [1.82, 2.24) is 9.55 Å². The number of nitrogens with zero attached hydrogens (tertiary/aromatic N) is 3. The highest BCUT2D eigenvalue weighted by Crippen LogP contribution is 2.22. The van der Waals surface area contributed by atoms with Crippen molar-refractivity contribution in [3.63, 3.8) is 0 Å². The summed E-state index contributed by atoms with van der Waals surface area (Å²) in [4.78, 5) is 6.66. The number of aromatic nitrogens is 2. The Morgan fingerprint density at radius 2 is 2.38 bits per heavy atom. The van der Waals surface area contributed by atoms with Gasteiger partial charge in [0.25, 0.3) is 0 Å². The van der Waals surface area contributed by atoms with Crippen LogP contribution in [0.25, 0.3) is 0 Å². The van der Waals surface area contributed by atoms with Gasteiger partial charge in [0.2, 0.25) is 5.95 Å². The number of anilines is 1. The van der Waals surface area contributed by atoms with Gasteiger partial charge < -0.3 is 9.47 Å². The second kappa shape index (κ2) is 3.48. The molecule has 2 rings (SSSR count). The van der Waals surface area contributed by atoms with Gasteiger partial charge in [0, 0.05) is 29.8 Å². The van der Waals surface area contributed by atoms with Gasteiger partial charge >= 0.3 is 0 Å². The number of hydrogen-bond acceptors (Lipinski definition) is 2. The number of fused-ring (bicyclic) bond motifs is 1. The van der Waals surface area contributed by atoms with E-state index in [1.165, 1.54) is 12.1 Å². The topological polar surface area (TPSA) is 21.1 Å². The molecule has 0 saturated carbocycles. The van der Waals surface area contributed by atoms with Crippen LogP contribution in [0.3, 0.4) is 0 Å². The summed E-state index contributed by atoms with van der Waals surface area (Å²) in [5.74, 6) is 1.12. The number of hydrogen-bond donors (Lipinski definition) is 0. The third-order valence-electron chi connectivity index (χ3n) is 2.51. The SMILES string of the molecule is Cc1cnc2n1CCC(I)CN2C. The molecule has 1 aromatic rings. The molecule has 0 bridgehead atoms. The lowest BCUT2D eigenvalue weighted by Crippen LogP contribution is -2.24. The van der Waals surface area contributed by atoms with E-state index in [2.05, 4.69) is 51.0 Å². The third-order valence-corrected chi connectivity index (χ3v) is 3.53. The van der Waals surface area contributed by atoms with Crippen molar-refractivity contribution in [2.24, 2.45) is 0 Å². The van der Waals surface area contributed by atoms with Crippen LogP contribution in [-0.2, 0) is 6.54 Å². The van der Waals surface area contributed by atoms with Crippen LogP contribution >= 0.6 is 22.6 Å². The normalized spacial score (nSPS) is 22.7. The molecular formula is C9H14IN3. The van der Waals surface area contributed by atoms with Gasteiger partial charge in [0.05, 0.1) is 6.20 Å². The molecule has 0 N–H and O–H groups in total. The molecule has 1 aliphatic heterocycles. The fourth-order valence-corrected chi connectivity index (χ4v) is 2.64. The molecule has 1 aliphatic rings. The number of imidazole rings is 1. The van der Waals surface area contributed by atoms with Gasteiger partial charge in [-0.3, -0.25) is 0 Å². The van der Waals surface area contributed by atoms with Crippen LogP contribution in [0, 0.1) is 6.92 Å². The largest absolute Gasteiger partial charge is 0.344 e. The first-order valence-corrected chi connectivity index (χ1v) is 5.80. The molecule has 1 atom stereocenters. The van der Waals surface area contributed by atoms with E-state index in [0.29, 0.717) is 0 Å². The summed E-state index contributed by atoms with van der Waals surface area (Å²) >= 11 is 2.52. The smallest absolute Gasteiger partial charge is 0.205 e. The Balaban J connectivity index is 2.36. The Kier molecular flexibility index (Phi) is 2.49. The van der Waals surface area contributed by atoms with Crippen molar-refractivity contribution in [1.29, 1.82) is 0 Å². The van der Waals surface area contributed by atoms with E-state index < -0.39 is 0 Å². The zero-order valence-electron chi connectivity index (χ0n) is 8.00. The highest BCUT2D eigenvalue weighted by atomic mass is 127. The number of halogens is 1. The first kappa shape index (κ1) is 9.30. The van der Waals surface area contributed by atoms with E-state index >= 15 is 0 Å². The van der Waals surface area contributed by atoms with Crippen molar-refractivity contribution < 1.29 is 0 Å². The average molecular weight is 291 g/mol. The molecule has 0 aromatic carbocycles. The molecule has 0 radical (unpaired) electrons. The van der Waals surface area contributed by atoms with Gasteiger partial charge in [-0.05, 0) is 13.3 Å². The van der Waals surface area contributed by atoms with Gasteiger partial charge in [-0.25, -0.2) is 4.98 Å². The molecule has 3 nitrogen and oxygen atoms in total. The van der Waals surface area contributed by atoms with Gasteiger partial charge in [-0.2, -0.15) is 0 Å². The van der Waals surface area contributed by atoms with Crippen LogP contribution in [0.5, 0.6) is 0 Å². The molecule has 13 heavy (non-hydrogen) atoms. The fraction of sp³-hybridized carbons (Fsp3) is 0.667. The predicted octanol–water partition coefficient (Wildman–Crippen LogP) is 1.84. The molecule has 0 spiro atoms. The second-order valence-electron chi connectivity index (χ2n) is 3.62. The van der Waals surface area contributed by atoms with Gasteiger partial charge in [0.15, 0.2) is 0 Å². The van der Waals surface area contributed by atoms with Crippen molar-refractivity contribution in [3.05, 3.63) is 11.9 Å². The van der Waals surface area contributed by atoms with E-state index in [1.807, 2.05) is 6.20 Å². The zero-order valence-corrected chi connectivity index (χ0v) is 10.2. The Bertz CT molecular complexity index is 308. The summed E-state index contributed by atoms with van der Waals surface area (Å²) < 4.78 is 3.04. The first-order chi connectivity index (χ1) is 6.18. The van der Waals surface area contributed by atoms with E-state index in [9.17, 15) is 0 Å². The average Bonchev–Trinajstić information content (AvgIpc) is 2.36.